The Morgan fingerprint density at radius 1 is 1.33 bits per heavy atom. The Kier molecular flexibility index (Phi) is 3.50. The lowest BCUT2D eigenvalue weighted by molar-refractivity contribution is -0.101. The van der Waals surface area contributed by atoms with Gasteiger partial charge in [-0.2, -0.15) is 0 Å². The van der Waals surface area contributed by atoms with E-state index in [-0.39, 0.29) is 11.3 Å². The number of aliphatic hydroxyl groups excluding tert-OH is 1. The van der Waals surface area contributed by atoms with Crippen molar-refractivity contribution in [1.82, 2.24) is 0 Å². The molecule has 1 aromatic rings. The van der Waals surface area contributed by atoms with Crippen molar-refractivity contribution in [2.45, 2.75) is 56.7 Å². The van der Waals surface area contributed by atoms with Gasteiger partial charge in [-0.1, -0.05) is 18.9 Å². The summed E-state index contributed by atoms with van der Waals surface area (Å²) in [6.45, 7) is 2.09. The summed E-state index contributed by atoms with van der Waals surface area (Å²) in [7, 11) is 1.71. The Balaban J connectivity index is 1.71. The first-order valence-electron chi connectivity index (χ1n) is 8.99. The summed E-state index contributed by atoms with van der Waals surface area (Å²) in [4.78, 5) is 0. The summed E-state index contributed by atoms with van der Waals surface area (Å²) in [5, 5.41) is 21.5. The second-order valence-electron chi connectivity index (χ2n) is 8.10. The molecule has 0 unspecified atom stereocenters. The van der Waals surface area contributed by atoms with Crippen molar-refractivity contribution >= 4 is 0 Å². The first-order valence-corrected chi connectivity index (χ1v) is 8.99. The average Bonchev–Trinajstić information content (AvgIpc) is 2.81. The molecule has 3 aliphatic carbocycles. The Bertz CT molecular complexity index is 706. The molecule has 3 heteroatoms. The molecule has 0 heterocycles. The zero-order chi connectivity index (χ0) is 17.1. The summed E-state index contributed by atoms with van der Waals surface area (Å²) >= 11 is 0. The van der Waals surface area contributed by atoms with Crippen LogP contribution in [0.25, 0.3) is 0 Å². The van der Waals surface area contributed by atoms with E-state index < -0.39 is 11.7 Å². The maximum absolute atomic E-state index is 11.0. The molecular formula is C21H26O3. The molecule has 2 N–H and O–H groups in total. The van der Waals surface area contributed by atoms with Gasteiger partial charge in [0, 0.05) is 5.41 Å². The number of hydrogen-bond donors (Lipinski definition) is 2. The van der Waals surface area contributed by atoms with Crippen LogP contribution in [0.3, 0.4) is 0 Å². The second-order valence-corrected chi connectivity index (χ2v) is 8.10. The number of rotatable bonds is 1. The molecule has 2 fully saturated rings. The summed E-state index contributed by atoms with van der Waals surface area (Å²) in [6.07, 6.45) is 9.47. The van der Waals surface area contributed by atoms with Gasteiger partial charge in [0.05, 0.1) is 13.2 Å². The first kappa shape index (κ1) is 16.0. The molecule has 0 saturated heterocycles. The van der Waals surface area contributed by atoms with Gasteiger partial charge in [0.15, 0.2) is 5.60 Å². The van der Waals surface area contributed by atoms with Crippen LogP contribution in [0.4, 0.5) is 0 Å². The number of aliphatic hydroxyl groups is 2. The number of aryl methyl sites for hydroxylation is 1. The van der Waals surface area contributed by atoms with Gasteiger partial charge in [0.25, 0.3) is 0 Å². The number of terminal acetylenes is 1. The summed E-state index contributed by atoms with van der Waals surface area (Å²) in [5.74, 6) is 4.74. The normalized spacial score (nSPS) is 43.3. The maximum atomic E-state index is 11.0. The lowest BCUT2D eigenvalue weighted by atomic mass is 9.53. The third-order valence-corrected chi connectivity index (χ3v) is 7.37. The number of benzene rings is 1. The van der Waals surface area contributed by atoms with Crippen molar-refractivity contribution in [2.24, 2.45) is 17.3 Å². The Morgan fingerprint density at radius 3 is 2.83 bits per heavy atom. The Hall–Kier alpha value is -1.50. The number of ether oxygens (including phenoxy) is 1. The molecule has 24 heavy (non-hydrogen) atoms. The second kappa shape index (κ2) is 5.25. The van der Waals surface area contributed by atoms with E-state index in [1.165, 1.54) is 11.1 Å². The molecule has 2 saturated carbocycles. The fourth-order valence-electron chi connectivity index (χ4n) is 5.97. The third-order valence-electron chi connectivity index (χ3n) is 7.37. The van der Waals surface area contributed by atoms with E-state index in [0.29, 0.717) is 18.3 Å². The quantitative estimate of drug-likeness (QED) is 0.780. The standard InChI is InChI=1S/C21H26O3/c1-4-21(23)19(22)12-18-17-7-5-13-11-14(24-3)6-8-15(13)16(17)9-10-20(18,21)2/h1,6,8,11,16-19,22-23H,5,7,9-10,12H2,2-3H3/t16-,17-,18+,19-,20+,21+/m1/s1. The van der Waals surface area contributed by atoms with Crippen LogP contribution in [0.1, 0.15) is 49.7 Å². The molecule has 3 nitrogen and oxygen atoms in total. The topological polar surface area (TPSA) is 49.7 Å². The van der Waals surface area contributed by atoms with Crippen molar-refractivity contribution in [3.63, 3.8) is 0 Å². The van der Waals surface area contributed by atoms with E-state index in [0.717, 1.165) is 31.4 Å². The van der Waals surface area contributed by atoms with Crippen LogP contribution in [0.5, 0.6) is 5.75 Å². The van der Waals surface area contributed by atoms with Gasteiger partial charge in [0.1, 0.15) is 5.75 Å². The van der Waals surface area contributed by atoms with Crippen LogP contribution in [0, 0.1) is 29.6 Å². The van der Waals surface area contributed by atoms with E-state index in [1.54, 1.807) is 7.11 Å². The van der Waals surface area contributed by atoms with E-state index in [1.807, 2.05) is 0 Å². The number of methoxy groups -OCH3 is 1. The highest BCUT2D eigenvalue weighted by Crippen LogP contribution is 2.64. The molecule has 0 amide bonds. The molecule has 0 spiro atoms. The van der Waals surface area contributed by atoms with Gasteiger partial charge in [-0.15, -0.1) is 6.42 Å². The van der Waals surface area contributed by atoms with Gasteiger partial charge in [-0.25, -0.2) is 0 Å². The molecule has 128 valence electrons. The molecule has 6 atom stereocenters. The van der Waals surface area contributed by atoms with E-state index in [9.17, 15) is 10.2 Å². The predicted octanol–water partition coefficient (Wildman–Crippen LogP) is 2.89. The molecular weight excluding hydrogens is 300 g/mol. The van der Waals surface area contributed by atoms with Crippen molar-refractivity contribution in [3.05, 3.63) is 29.3 Å². The highest BCUT2D eigenvalue weighted by Gasteiger charge is 2.65. The highest BCUT2D eigenvalue weighted by molar-refractivity contribution is 5.41. The molecule has 0 aromatic heterocycles. The van der Waals surface area contributed by atoms with Gasteiger partial charge >= 0.3 is 0 Å². The minimum Gasteiger partial charge on any atom is -0.497 e. The lowest BCUT2D eigenvalue weighted by Crippen LogP contribution is -2.53. The van der Waals surface area contributed by atoms with Crippen molar-refractivity contribution in [1.29, 1.82) is 0 Å². The fourth-order valence-corrected chi connectivity index (χ4v) is 5.97. The zero-order valence-electron chi connectivity index (χ0n) is 14.5. The number of fused-ring (bicyclic) bond motifs is 5. The van der Waals surface area contributed by atoms with Crippen molar-refractivity contribution in [3.8, 4) is 18.1 Å². The Labute approximate surface area is 144 Å². The molecule has 0 aliphatic heterocycles. The molecule has 0 radical (unpaired) electrons. The van der Waals surface area contributed by atoms with Crippen LogP contribution in [-0.2, 0) is 6.42 Å². The smallest absolute Gasteiger partial charge is 0.156 e. The molecule has 3 aliphatic rings. The molecule has 1 aromatic carbocycles. The zero-order valence-corrected chi connectivity index (χ0v) is 14.5. The van der Waals surface area contributed by atoms with Crippen LogP contribution in [0.15, 0.2) is 18.2 Å². The fraction of sp³-hybridized carbons (Fsp3) is 0.619. The van der Waals surface area contributed by atoms with Gasteiger partial charge in [-0.05, 0) is 73.1 Å². The van der Waals surface area contributed by atoms with Crippen LogP contribution in [-0.4, -0.2) is 29.0 Å². The summed E-state index contributed by atoms with van der Waals surface area (Å²) in [6, 6.07) is 6.43. The van der Waals surface area contributed by atoms with Crippen molar-refractivity contribution < 1.29 is 14.9 Å². The van der Waals surface area contributed by atoms with Gasteiger partial charge < -0.3 is 14.9 Å². The minimum atomic E-state index is -1.39. The summed E-state index contributed by atoms with van der Waals surface area (Å²) in [5.41, 5.74) is 1.06. The lowest BCUT2D eigenvalue weighted by Gasteiger charge is -2.52. The van der Waals surface area contributed by atoms with Crippen LogP contribution >= 0.6 is 0 Å². The number of hydrogen-bond acceptors (Lipinski definition) is 3. The van der Waals surface area contributed by atoms with Crippen LogP contribution < -0.4 is 4.74 Å². The highest BCUT2D eigenvalue weighted by atomic mass is 16.5. The van der Waals surface area contributed by atoms with E-state index in [4.69, 9.17) is 11.2 Å². The van der Waals surface area contributed by atoms with Gasteiger partial charge in [0.2, 0.25) is 0 Å². The SMILES string of the molecule is C#C[C@]1(O)[C@H](O)C[C@H]2[C@@H]3CCc4cc(OC)ccc4[C@H]3CC[C@@]21C. The van der Waals surface area contributed by atoms with Gasteiger partial charge in [-0.3, -0.25) is 0 Å². The summed E-state index contributed by atoms with van der Waals surface area (Å²) < 4.78 is 5.37. The molecule has 0 bridgehead atoms. The third kappa shape index (κ3) is 1.87. The Morgan fingerprint density at radius 2 is 2.12 bits per heavy atom. The van der Waals surface area contributed by atoms with Crippen LogP contribution in [0.2, 0.25) is 0 Å². The predicted molar refractivity (Wildman–Crippen MR) is 92.8 cm³/mol. The largest absolute Gasteiger partial charge is 0.497 e. The minimum absolute atomic E-state index is 0.280. The first-order chi connectivity index (χ1) is 11.4. The van der Waals surface area contributed by atoms with Crippen molar-refractivity contribution in [2.75, 3.05) is 7.11 Å². The average molecular weight is 326 g/mol. The van der Waals surface area contributed by atoms with E-state index >= 15 is 0 Å². The van der Waals surface area contributed by atoms with E-state index in [2.05, 4.69) is 31.0 Å². The monoisotopic (exact) mass is 326 g/mol. The maximum Gasteiger partial charge on any atom is 0.156 e. The molecule has 4 rings (SSSR count).